The number of hydrogen-bond donors (Lipinski definition) is 0. The maximum Gasteiger partial charge on any atom is 0.416 e. The molecule has 0 radical (unpaired) electrons. The normalized spacial score (nSPS) is 11.0. The predicted octanol–water partition coefficient (Wildman–Crippen LogP) is 3.55. The molecule has 0 atom stereocenters. The lowest BCUT2D eigenvalue weighted by Crippen LogP contribution is -2.37. The number of rotatable bonds is 5. The monoisotopic (exact) mass is 357 g/mol. The van der Waals surface area contributed by atoms with Crippen LogP contribution in [0.4, 0.5) is 10.6 Å². The van der Waals surface area contributed by atoms with E-state index >= 15 is 0 Å². The van der Waals surface area contributed by atoms with Gasteiger partial charge >= 0.3 is 6.09 Å². The standard InChI is InChI=1S/C19H23N3O4/c1-13-15(12-23)7-8-16(21-13)22(18(24)26-19(2,3)4)11-14-6-9-17(25-5)20-10-14/h6-10,12H,11H2,1-5H3. The van der Waals surface area contributed by atoms with E-state index in [4.69, 9.17) is 9.47 Å². The van der Waals surface area contributed by atoms with E-state index < -0.39 is 11.7 Å². The Labute approximate surface area is 153 Å². The number of amides is 1. The molecule has 0 aliphatic heterocycles. The summed E-state index contributed by atoms with van der Waals surface area (Å²) in [6, 6.07) is 6.79. The summed E-state index contributed by atoms with van der Waals surface area (Å²) in [5.74, 6) is 0.889. The van der Waals surface area contributed by atoms with Gasteiger partial charge in [0.25, 0.3) is 0 Å². The van der Waals surface area contributed by atoms with Gasteiger partial charge in [-0.15, -0.1) is 0 Å². The van der Waals surface area contributed by atoms with E-state index in [1.165, 1.54) is 12.0 Å². The van der Waals surface area contributed by atoms with Crippen molar-refractivity contribution in [3.05, 3.63) is 47.3 Å². The van der Waals surface area contributed by atoms with Crippen LogP contribution in [0.25, 0.3) is 0 Å². The highest BCUT2D eigenvalue weighted by Gasteiger charge is 2.25. The van der Waals surface area contributed by atoms with Gasteiger partial charge in [0.05, 0.1) is 19.3 Å². The fraction of sp³-hybridized carbons (Fsp3) is 0.368. The van der Waals surface area contributed by atoms with E-state index in [1.54, 1.807) is 52.1 Å². The summed E-state index contributed by atoms with van der Waals surface area (Å²) < 4.78 is 10.6. The molecule has 0 aliphatic carbocycles. The quantitative estimate of drug-likeness (QED) is 0.761. The molecule has 0 aromatic carbocycles. The van der Waals surface area contributed by atoms with Gasteiger partial charge in [-0.2, -0.15) is 0 Å². The molecule has 0 fully saturated rings. The summed E-state index contributed by atoms with van der Waals surface area (Å²) in [5, 5.41) is 0. The van der Waals surface area contributed by atoms with Crippen LogP contribution >= 0.6 is 0 Å². The smallest absolute Gasteiger partial charge is 0.416 e. The molecule has 2 aromatic rings. The molecule has 1 amide bonds. The zero-order chi connectivity index (χ0) is 19.3. The average Bonchev–Trinajstić information content (AvgIpc) is 2.58. The minimum Gasteiger partial charge on any atom is -0.481 e. The van der Waals surface area contributed by atoms with Crippen LogP contribution in [-0.2, 0) is 11.3 Å². The van der Waals surface area contributed by atoms with Crippen LogP contribution in [0.1, 0.15) is 42.4 Å². The number of aromatic nitrogens is 2. The van der Waals surface area contributed by atoms with Crippen LogP contribution in [-0.4, -0.2) is 35.1 Å². The molecule has 138 valence electrons. The van der Waals surface area contributed by atoms with Gasteiger partial charge < -0.3 is 9.47 Å². The first-order chi connectivity index (χ1) is 12.2. The van der Waals surface area contributed by atoms with Crippen molar-refractivity contribution in [1.82, 2.24) is 9.97 Å². The van der Waals surface area contributed by atoms with Gasteiger partial charge in [0, 0.05) is 17.8 Å². The molecule has 2 heterocycles. The summed E-state index contributed by atoms with van der Waals surface area (Å²) >= 11 is 0. The van der Waals surface area contributed by atoms with Crippen molar-refractivity contribution in [3.8, 4) is 5.88 Å². The Kier molecular flexibility index (Phi) is 5.92. The number of methoxy groups -OCH3 is 1. The summed E-state index contributed by atoms with van der Waals surface area (Å²) in [4.78, 5) is 33.7. The molecule has 0 unspecified atom stereocenters. The molecule has 7 nitrogen and oxygen atoms in total. The lowest BCUT2D eigenvalue weighted by atomic mass is 10.2. The van der Waals surface area contributed by atoms with Gasteiger partial charge in [-0.05, 0) is 45.4 Å². The average molecular weight is 357 g/mol. The highest BCUT2D eigenvalue weighted by molar-refractivity contribution is 5.87. The molecule has 7 heteroatoms. The number of carbonyl (C=O) groups excluding carboxylic acids is 2. The van der Waals surface area contributed by atoms with Crippen molar-refractivity contribution < 1.29 is 19.1 Å². The van der Waals surface area contributed by atoms with Crippen molar-refractivity contribution in [1.29, 1.82) is 0 Å². The zero-order valence-electron chi connectivity index (χ0n) is 15.6. The van der Waals surface area contributed by atoms with E-state index in [9.17, 15) is 9.59 Å². The first kappa shape index (κ1) is 19.4. The molecule has 0 aliphatic rings. The highest BCUT2D eigenvalue weighted by Crippen LogP contribution is 2.21. The van der Waals surface area contributed by atoms with Gasteiger partial charge in [0.2, 0.25) is 5.88 Å². The minimum atomic E-state index is -0.648. The number of hydrogen-bond acceptors (Lipinski definition) is 6. The lowest BCUT2D eigenvalue weighted by molar-refractivity contribution is 0.0576. The van der Waals surface area contributed by atoms with Crippen molar-refractivity contribution in [2.75, 3.05) is 12.0 Å². The van der Waals surface area contributed by atoms with Crippen molar-refractivity contribution in [2.45, 2.75) is 39.8 Å². The first-order valence-electron chi connectivity index (χ1n) is 8.16. The van der Waals surface area contributed by atoms with E-state index in [1.807, 2.05) is 6.07 Å². The van der Waals surface area contributed by atoms with Crippen LogP contribution < -0.4 is 9.64 Å². The summed E-state index contributed by atoms with van der Waals surface area (Å²) in [6.45, 7) is 7.33. The third kappa shape index (κ3) is 5.02. The third-order valence-electron chi connectivity index (χ3n) is 3.48. The van der Waals surface area contributed by atoms with Gasteiger partial charge in [0.1, 0.15) is 11.4 Å². The Hall–Kier alpha value is -2.96. The van der Waals surface area contributed by atoms with Gasteiger partial charge in [-0.3, -0.25) is 9.69 Å². The van der Waals surface area contributed by atoms with Crippen molar-refractivity contribution in [3.63, 3.8) is 0 Å². The van der Waals surface area contributed by atoms with Crippen LogP contribution in [0.15, 0.2) is 30.5 Å². The number of ether oxygens (including phenoxy) is 2. The van der Waals surface area contributed by atoms with Crippen LogP contribution in [0.2, 0.25) is 0 Å². The minimum absolute atomic E-state index is 0.221. The van der Waals surface area contributed by atoms with Crippen molar-refractivity contribution in [2.24, 2.45) is 0 Å². The lowest BCUT2D eigenvalue weighted by Gasteiger charge is -2.27. The van der Waals surface area contributed by atoms with Crippen LogP contribution in [0, 0.1) is 6.92 Å². The van der Waals surface area contributed by atoms with E-state index in [2.05, 4.69) is 9.97 Å². The highest BCUT2D eigenvalue weighted by atomic mass is 16.6. The Bertz CT molecular complexity index is 782. The second-order valence-corrected chi connectivity index (χ2v) is 6.74. The number of anilines is 1. The molecule has 2 aromatic heterocycles. The Morgan fingerprint density at radius 1 is 1.23 bits per heavy atom. The van der Waals surface area contributed by atoms with E-state index in [0.29, 0.717) is 23.0 Å². The van der Waals surface area contributed by atoms with Crippen molar-refractivity contribution >= 4 is 18.2 Å². The SMILES string of the molecule is COc1ccc(CN(C(=O)OC(C)(C)C)c2ccc(C=O)c(C)n2)cn1. The fourth-order valence-electron chi connectivity index (χ4n) is 2.20. The number of aldehydes is 1. The maximum atomic E-state index is 12.7. The number of aryl methyl sites for hydroxylation is 1. The number of carbonyl (C=O) groups is 2. The fourth-order valence-corrected chi connectivity index (χ4v) is 2.20. The van der Waals surface area contributed by atoms with Gasteiger partial charge in [-0.25, -0.2) is 14.8 Å². The first-order valence-corrected chi connectivity index (χ1v) is 8.16. The molecule has 0 saturated heterocycles. The number of nitrogens with zero attached hydrogens (tertiary/aromatic N) is 3. The summed E-state index contributed by atoms with van der Waals surface area (Å²) in [6.07, 6.45) is 1.83. The van der Waals surface area contributed by atoms with E-state index in [0.717, 1.165) is 11.8 Å². The summed E-state index contributed by atoms with van der Waals surface area (Å²) in [7, 11) is 1.54. The summed E-state index contributed by atoms with van der Waals surface area (Å²) in [5.41, 5.74) is 1.16. The molecule has 0 saturated carbocycles. The Morgan fingerprint density at radius 3 is 2.46 bits per heavy atom. The second-order valence-electron chi connectivity index (χ2n) is 6.74. The van der Waals surface area contributed by atoms with Gasteiger partial charge in [-0.1, -0.05) is 6.07 Å². The topological polar surface area (TPSA) is 81.6 Å². The Balaban J connectivity index is 2.35. The zero-order valence-corrected chi connectivity index (χ0v) is 15.6. The second kappa shape index (κ2) is 7.95. The maximum absolute atomic E-state index is 12.7. The van der Waals surface area contributed by atoms with E-state index in [-0.39, 0.29) is 6.54 Å². The molecule has 26 heavy (non-hydrogen) atoms. The number of pyridine rings is 2. The van der Waals surface area contributed by atoms with Gasteiger partial charge in [0.15, 0.2) is 6.29 Å². The molecule has 2 rings (SSSR count). The molecule has 0 spiro atoms. The molecular weight excluding hydrogens is 334 g/mol. The third-order valence-corrected chi connectivity index (χ3v) is 3.48. The van der Waals surface area contributed by atoms with Crippen LogP contribution in [0.5, 0.6) is 5.88 Å². The predicted molar refractivity (Wildman–Crippen MR) is 97.6 cm³/mol. The molecule has 0 bridgehead atoms. The van der Waals surface area contributed by atoms with Crippen LogP contribution in [0.3, 0.4) is 0 Å². The molecule has 0 N–H and O–H groups in total. The Morgan fingerprint density at radius 2 is 1.96 bits per heavy atom. The molecular formula is C19H23N3O4. The largest absolute Gasteiger partial charge is 0.481 e.